The lowest BCUT2D eigenvalue weighted by molar-refractivity contribution is -0.143. The van der Waals surface area contributed by atoms with E-state index in [2.05, 4.69) is 0 Å². The highest BCUT2D eigenvalue weighted by Gasteiger charge is 2.46. The van der Waals surface area contributed by atoms with Crippen LogP contribution in [-0.4, -0.2) is 24.3 Å². The van der Waals surface area contributed by atoms with Crippen molar-refractivity contribution >= 4 is 5.97 Å². The monoisotopic (exact) mass is 308 g/mol. The zero-order valence-electron chi connectivity index (χ0n) is 12.9. The number of benzene rings is 1. The number of fused-ring (bicyclic) bond motifs is 1. The van der Waals surface area contributed by atoms with Gasteiger partial charge < -0.3 is 14.6 Å². The summed E-state index contributed by atoms with van der Waals surface area (Å²) in [6, 6.07) is 3.29. The summed E-state index contributed by atoms with van der Waals surface area (Å²) < 4.78 is 25.7. The molecule has 0 spiro atoms. The highest BCUT2D eigenvalue weighted by molar-refractivity contribution is 5.83. The number of rotatable bonds is 3. The predicted octanol–water partition coefficient (Wildman–Crippen LogP) is 3.56. The first-order valence-corrected chi connectivity index (χ1v) is 7.71. The van der Waals surface area contributed by atoms with Crippen molar-refractivity contribution in [2.24, 2.45) is 0 Å². The van der Waals surface area contributed by atoms with Crippen LogP contribution in [0.25, 0.3) is 0 Å². The van der Waals surface area contributed by atoms with Gasteiger partial charge in [-0.2, -0.15) is 0 Å². The first-order valence-electron chi connectivity index (χ1n) is 7.71. The van der Waals surface area contributed by atoms with Crippen LogP contribution in [0.15, 0.2) is 12.1 Å². The molecule has 1 aromatic carbocycles. The molecule has 1 N–H and O–H groups in total. The van der Waals surface area contributed by atoms with Crippen LogP contribution in [-0.2, 0) is 15.9 Å². The van der Waals surface area contributed by atoms with Gasteiger partial charge in [-0.15, -0.1) is 0 Å². The van der Waals surface area contributed by atoms with E-state index in [4.69, 9.17) is 9.47 Å². The smallest absolute Gasteiger partial charge is 0.314 e. The average molecular weight is 308 g/mol. The van der Waals surface area contributed by atoms with E-state index in [9.17, 15) is 14.3 Å². The molecule has 5 heteroatoms. The van der Waals surface area contributed by atoms with Crippen LogP contribution >= 0.6 is 0 Å². The maximum absolute atomic E-state index is 14.4. The molecule has 3 rings (SSSR count). The van der Waals surface area contributed by atoms with Gasteiger partial charge in [-0.3, -0.25) is 4.79 Å². The lowest BCUT2D eigenvalue weighted by atomic mass is 9.76. The summed E-state index contributed by atoms with van der Waals surface area (Å²) in [5, 5.41) is 9.82. The molecular formula is C17H21FO4. The number of halogens is 1. The van der Waals surface area contributed by atoms with E-state index in [1.54, 1.807) is 12.1 Å². The van der Waals surface area contributed by atoms with Crippen molar-refractivity contribution in [2.45, 2.75) is 50.6 Å². The quantitative estimate of drug-likeness (QED) is 0.927. The van der Waals surface area contributed by atoms with E-state index in [-0.39, 0.29) is 0 Å². The fourth-order valence-corrected chi connectivity index (χ4v) is 3.43. The van der Waals surface area contributed by atoms with Gasteiger partial charge in [0.05, 0.1) is 5.41 Å². The Bertz CT molecular complexity index is 597. The largest absolute Gasteiger partial charge is 0.486 e. The maximum Gasteiger partial charge on any atom is 0.314 e. The number of carbonyl (C=O) groups is 1. The highest BCUT2D eigenvalue weighted by atomic mass is 19.1. The van der Waals surface area contributed by atoms with Crippen LogP contribution < -0.4 is 9.47 Å². The second-order valence-corrected chi connectivity index (χ2v) is 6.61. The molecule has 0 aromatic heterocycles. The molecule has 1 saturated carbocycles. The number of hydrogen-bond acceptors (Lipinski definition) is 3. The van der Waals surface area contributed by atoms with Gasteiger partial charge in [0.2, 0.25) is 0 Å². The maximum atomic E-state index is 14.4. The van der Waals surface area contributed by atoms with Crippen LogP contribution in [0.1, 0.15) is 50.7 Å². The lowest BCUT2D eigenvalue weighted by Crippen LogP contribution is -2.34. The Morgan fingerprint density at radius 1 is 1.23 bits per heavy atom. The Kier molecular flexibility index (Phi) is 3.54. The van der Waals surface area contributed by atoms with Crippen LogP contribution in [0.3, 0.4) is 0 Å². The van der Waals surface area contributed by atoms with Gasteiger partial charge in [0.1, 0.15) is 18.9 Å². The molecule has 1 aromatic rings. The molecule has 0 atom stereocenters. The van der Waals surface area contributed by atoms with Crippen molar-refractivity contribution in [3.8, 4) is 11.5 Å². The fraction of sp³-hybridized carbons (Fsp3) is 0.588. The number of hydrogen-bond donors (Lipinski definition) is 1. The minimum absolute atomic E-state index is 0.383. The zero-order valence-corrected chi connectivity index (χ0v) is 12.9. The van der Waals surface area contributed by atoms with E-state index in [1.807, 2.05) is 0 Å². The van der Waals surface area contributed by atoms with E-state index in [1.165, 1.54) is 13.8 Å². The zero-order chi connectivity index (χ0) is 16.0. The molecule has 0 amide bonds. The average Bonchev–Trinajstić information content (AvgIpc) is 2.96. The van der Waals surface area contributed by atoms with Crippen molar-refractivity contribution in [1.82, 2.24) is 0 Å². The topological polar surface area (TPSA) is 55.8 Å². The van der Waals surface area contributed by atoms with Crippen LogP contribution in [0.2, 0.25) is 0 Å². The minimum Gasteiger partial charge on any atom is -0.486 e. The van der Waals surface area contributed by atoms with Crippen molar-refractivity contribution in [3.63, 3.8) is 0 Å². The van der Waals surface area contributed by atoms with Crippen molar-refractivity contribution < 1.29 is 23.8 Å². The molecule has 1 aliphatic carbocycles. The lowest BCUT2D eigenvalue weighted by Gasteiger charge is -2.31. The molecule has 0 radical (unpaired) electrons. The third kappa shape index (κ3) is 2.32. The van der Waals surface area contributed by atoms with Gasteiger partial charge in [-0.25, -0.2) is 4.39 Å². The second-order valence-electron chi connectivity index (χ2n) is 6.61. The normalized spacial score (nSPS) is 20.0. The molecule has 1 aliphatic heterocycles. The van der Waals surface area contributed by atoms with Crippen LogP contribution in [0.5, 0.6) is 11.5 Å². The predicted molar refractivity (Wildman–Crippen MR) is 79.3 cm³/mol. The Morgan fingerprint density at radius 2 is 1.86 bits per heavy atom. The summed E-state index contributed by atoms with van der Waals surface area (Å²) in [5.74, 6) is 0.0655. The molecule has 0 bridgehead atoms. The van der Waals surface area contributed by atoms with Gasteiger partial charge in [0, 0.05) is 5.56 Å². The summed E-state index contributed by atoms with van der Waals surface area (Å²) in [7, 11) is 0. The first kappa shape index (κ1) is 15.1. The minimum atomic E-state index is -1.57. The summed E-state index contributed by atoms with van der Waals surface area (Å²) in [5.41, 5.74) is -1.57. The molecule has 1 fully saturated rings. The number of carboxylic acid groups (broad SMARTS) is 1. The highest BCUT2D eigenvalue weighted by Crippen LogP contribution is 2.50. The summed E-state index contributed by atoms with van der Waals surface area (Å²) in [6.45, 7) is 3.70. The van der Waals surface area contributed by atoms with Gasteiger partial charge in [0.15, 0.2) is 11.5 Å². The standard InChI is InChI=1S/C17H21FO4/c1-16(2,18)11-9-12(14-13(10-11)21-7-8-22-14)17(15(19)20)5-3-4-6-17/h9-10H,3-8H2,1-2H3,(H,19,20). The molecular weight excluding hydrogens is 287 g/mol. The fourth-order valence-electron chi connectivity index (χ4n) is 3.43. The van der Waals surface area contributed by atoms with Crippen LogP contribution in [0.4, 0.5) is 4.39 Å². The summed E-state index contributed by atoms with van der Waals surface area (Å²) in [6.07, 6.45) is 2.80. The van der Waals surface area contributed by atoms with Crippen molar-refractivity contribution in [1.29, 1.82) is 0 Å². The molecule has 22 heavy (non-hydrogen) atoms. The van der Waals surface area contributed by atoms with Crippen LogP contribution in [0, 0.1) is 0 Å². The van der Waals surface area contributed by atoms with E-state index in [0.717, 1.165) is 12.8 Å². The van der Waals surface area contributed by atoms with E-state index in [0.29, 0.717) is 48.7 Å². The summed E-state index contributed by atoms with van der Waals surface area (Å²) in [4.78, 5) is 12.0. The number of carboxylic acids is 1. The third-order valence-electron chi connectivity index (χ3n) is 4.71. The Hall–Kier alpha value is -1.78. The Labute approximate surface area is 129 Å². The van der Waals surface area contributed by atoms with E-state index < -0.39 is 17.1 Å². The van der Waals surface area contributed by atoms with Crippen molar-refractivity contribution in [3.05, 3.63) is 23.3 Å². The molecule has 1 heterocycles. The van der Waals surface area contributed by atoms with Crippen molar-refractivity contribution in [2.75, 3.05) is 13.2 Å². The van der Waals surface area contributed by atoms with Gasteiger partial charge >= 0.3 is 5.97 Å². The van der Waals surface area contributed by atoms with Gasteiger partial charge in [0.25, 0.3) is 0 Å². The van der Waals surface area contributed by atoms with E-state index >= 15 is 0 Å². The Balaban J connectivity index is 2.22. The third-order valence-corrected chi connectivity index (χ3v) is 4.71. The molecule has 0 saturated heterocycles. The molecule has 0 unspecified atom stereocenters. The SMILES string of the molecule is CC(C)(F)c1cc2c(c(C3(C(=O)O)CCCC3)c1)OCCO2. The summed E-state index contributed by atoms with van der Waals surface area (Å²) >= 11 is 0. The number of aliphatic carboxylic acids is 1. The van der Waals surface area contributed by atoms with Gasteiger partial charge in [-0.1, -0.05) is 12.8 Å². The molecule has 2 aliphatic rings. The molecule has 4 nitrogen and oxygen atoms in total. The first-order chi connectivity index (χ1) is 10.3. The second kappa shape index (κ2) is 5.14. The Morgan fingerprint density at radius 3 is 2.45 bits per heavy atom. The number of alkyl halides is 1. The molecule has 120 valence electrons. The van der Waals surface area contributed by atoms with Gasteiger partial charge in [-0.05, 0) is 44.4 Å². The number of ether oxygens (including phenoxy) is 2.